The third-order valence-electron chi connectivity index (χ3n) is 7.77. The van der Waals surface area contributed by atoms with E-state index >= 15 is 0 Å². The van der Waals surface area contributed by atoms with Gasteiger partial charge in [0.15, 0.2) is 6.61 Å². The molecule has 0 bridgehead atoms. The number of aromatic nitrogens is 1. The molecule has 2 fully saturated rings. The van der Waals surface area contributed by atoms with Crippen molar-refractivity contribution >= 4 is 46.6 Å². The van der Waals surface area contributed by atoms with Crippen molar-refractivity contribution in [3.8, 4) is 5.75 Å². The first-order valence-corrected chi connectivity index (χ1v) is 15.4. The summed E-state index contributed by atoms with van der Waals surface area (Å²) in [6, 6.07) is 5.15. The number of carboxylic acids is 1. The van der Waals surface area contributed by atoms with Gasteiger partial charge in [0.05, 0.1) is 24.6 Å². The first kappa shape index (κ1) is 33.9. The molecule has 0 saturated carbocycles. The van der Waals surface area contributed by atoms with E-state index in [9.17, 15) is 33.9 Å². The normalized spacial score (nSPS) is 17.0. The smallest absolute Gasteiger partial charge is 0.409 e. The summed E-state index contributed by atoms with van der Waals surface area (Å²) in [6.07, 6.45) is 0.838. The molecule has 2 aliphatic rings. The van der Waals surface area contributed by atoms with Crippen molar-refractivity contribution in [2.45, 2.75) is 65.0 Å². The summed E-state index contributed by atoms with van der Waals surface area (Å²) < 4.78 is 11.1. The van der Waals surface area contributed by atoms with Crippen LogP contribution < -0.4 is 15.5 Å². The number of nitrogens with zero attached hydrogens (tertiary/aromatic N) is 4. The highest BCUT2D eigenvalue weighted by Gasteiger charge is 2.33. The average Bonchev–Trinajstić information content (AvgIpc) is 3.38. The van der Waals surface area contributed by atoms with Crippen LogP contribution in [0.2, 0.25) is 0 Å². The third-order valence-corrected chi connectivity index (χ3v) is 7.77. The molecule has 0 aliphatic carbocycles. The van der Waals surface area contributed by atoms with Crippen LogP contribution in [0.25, 0.3) is 10.9 Å². The second kappa shape index (κ2) is 15.4. The molecule has 3 N–H and O–H groups in total. The Bertz CT molecular complexity index is 1490. The van der Waals surface area contributed by atoms with Crippen molar-refractivity contribution in [1.82, 2.24) is 30.5 Å². The number of benzene rings is 1. The van der Waals surface area contributed by atoms with E-state index in [1.807, 2.05) is 19.9 Å². The van der Waals surface area contributed by atoms with Gasteiger partial charge in [-0.15, -0.1) is 0 Å². The van der Waals surface area contributed by atoms with Crippen LogP contribution in [-0.2, 0) is 23.9 Å². The Balaban J connectivity index is 1.48. The fourth-order valence-corrected chi connectivity index (χ4v) is 5.19. The third kappa shape index (κ3) is 8.61. The van der Waals surface area contributed by atoms with Gasteiger partial charge in [-0.2, -0.15) is 0 Å². The van der Waals surface area contributed by atoms with Gasteiger partial charge in [-0.1, -0.05) is 19.4 Å². The van der Waals surface area contributed by atoms with Crippen LogP contribution in [0.3, 0.4) is 0 Å². The van der Waals surface area contributed by atoms with Crippen molar-refractivity contribution in [2.75, 3.05) is 39.4 Å². The minimum absolute atomic E-state index is 0.101. The molecule has 4 rings (SSSR count). The van der Waals surface area contributed by atoms with Gasteiger partial charge in [0, 0.05) is 44.1 Å². The van der Waals surface area contributed by atoms with Gasteiger partial charge in [0.2, 0.25) is 11.8 Å². The van der Waals surface area contributed by atoms with Gasteiger partial charge in [-0.25, -0.2) is 14.8 Å². The van der Waals surface area contributed by atoms with Crippen molar-refractivity contribution in [3.63, 3.8) is 0 Å². The SMILES string of the molecule is CCCCOC(=O)N1CCN(C(=O)C(CCC(=O)O)NC(=O)c2cc(OCC(=O)N3NC(=O)C[C@@H]3C)c3ccc(C)cc3n2)CC1. The average molecular weight is 641 g/mol. The van der Waals surface area contributed by atoms with E-state index in [4.69, 9.17) is 9.47 Å². The molecule has 1 aromatic carbocycles. The maximum absolute atomic E-state index is 13.5. The second-order valence-corrected chi connectivity index (χ2v) is 11.4. The zero-order valence-corrected chi connectivity index (χ0v) is 26.2. The fraction of sp³-hybridized carbons (Fsp3) is 0.516. The number of carbonyl (C=O) groups excluding carboxylic acids is 5. The zero-order chi connectivity index (χ0) is 33.4. The number of ether oxygens (including phenoxy) is 2. The topological polar surface area (TPSA) is 188 Å². The number of carboxylic acid groups (broad SMARTS) is 1. The Morgan fingerprint density at radius 3 is 2.48 bits per heavy atom. The van der Waals surface area contributed by atoms with Gasteiger partial charge in [-0.3, -0.25) is 29.4 Å². The maximum atomic E-state index is 13.5. The Morgan fingerprint density at radius 2 is 1.83 bits per heavy atom. The predicted molar refractivity (Wildman–Crippen MR) is 164 cm³/mol. The van der Waals surface area contributed by atoms with Gasteiger partial charge in [0.1, 0.15) is 17.5 Å². The Hall–Kier alpha value is -4.95. The highest BCUT2D eigenvalue weighted by Crippen LogP contribution is 2.27. The predicted octanol–water partition coefficient (Wildman–Crippen LogP) is 1.62. The lowest BCUT2D eigenvalue weighted by atomic mass is 10.1. The van der Waals surface area contributed by atoms with Gasteiger partial charge < -0.3 is 29.7 Å². The monoisotopic (exact) mass is 640 g/mol. The summed E-state index contributed by atoms with van der Waals surface area (Å²) in [6.45, 7) is 6.32. The second-order valence-electron chi connectivity index (χ2n) is 11.4. The molecular weight excluding hydrogens is 600 g/mol. The van der Waals surface area contributed by atoms with E-state index in [1.54, 1.807) is 19.1 Å². The van der Waals surface area contributed by atoms with Crippen molar-refractivity contribution in [2.24, 2.45) is 0 Å². The lowest BCUT2D eigenvalue weighted by Crippen LogP contribution is -2.56. The molecule has 1 unspecified atom stereocenters. The number of nitrogens with one attached hydrogen (secondary N) is 2. The van der Waals surface area contributed by atoms with Gasteiger partial charge in [-0.05, 0) is 44.4 Å². The Labute approximate surface area is 266 Å². The van der Waals surface area contributed by atoms with E-state index in [1.165, 1.54) is 20.9 Å². The number of hydrazine groups is 1. The number of pyridine rings is 1. The largest absolute Gasteiger partial charge is 0.483 e. The molecule has 0 spiro atoms. The summed E-state index contributed by atoms with van der Waals surface area (Å²) in [5.41, 5.74) is 3.66. The van der Waals surface area contributed by atoms with E-state index in [2.05, 4.69) is 15.7 Å². The highest BCUT2D eigenvalue weighted by atomic mass is 16.6. The van der Waals surface area contributed by atoms with Crippen LogP contribution in [0.15, 0.2) is 24.3 Å². The number of aryl methyl sites for hydroxylation is 1. The van der Waals surface area contributed by atoms with Crippen molar-refractivity contribution in [3.05, 3.63) is 35.5 Å². The van der Waals surface area contributed by atoms with E-state index in [-0.39, 0.29) is 68.8 Å². The molecule has 1 aromatic heterocycles. The number of piperazine rings is 1. The number of fused-ring (bicyclic) bond motifs is 1. The van der Waals surface area contributed by atoms with Crippen LogP contribution in [0.1, 0.15) is 62.0 Å². The Morgan fingerprint density at radius 1 is 1.11 bits per heavy atom. The summed E-state index contributed by atoms with van der Waals surface area (Å²) in [5.74, 6) is -2.90. The molecule has 0 radical (unpaired) electrons. The first-order chi connectivity index (χ1) is 22.0. The first-order valence-electron chi connectivity index (χ1n) is 15.4. The van der Waals surface area contributed by atoms with Crippen LogP contribution >= 0.6 is 0 Å². The molecule has 2 aromatic rings. The lowest BCUT2D eigenvalue weighted by Gasteiger charge is -2.36. The molecular formula is C31H40N6O9. The number of aliphatic carboxylic acids is 1. The van der Waals surface area contributed by atoms with Crippen LogP contribution in [-0.4, -0.2) is 112 Å². The van der Waals surface area contributed by atoms with Crippen LogP contribution in [0.5, 0.6) is 5.75 Å². The fourth-order valence-electron chi connectivity index (χ4n) is 5.19. The molecule has 2 aliphatic heterocycles. The molecule has 15 heteroatoms. The van der Waals surface area contributed by atoms with Crippen LogP contribution in [0.4, 0.5) is 4.79 Å². The molecule has 248 valence electrons. The number of carbonyl (C=O) groups is 6. The number of hydrogen-bond donors (Lipinski definition) is 3. The number of amides is 5. The minimum Gasteiger partial charge on any atom is -0.483 e. The molecule has 2 saturated heterocycles. The van der Waals surface area contributed by atoms with Gasteiger partial charge in [0.25, 0.3) is 11.8 Å². The number of hydrogen-bond acceptors (Lipinski definition) is 9. The number of unbranched alkanes of at least 4 members (excludes halogenated alkanes) is 1. The van der Waals surface area contributed by atoms with Gasteiger partial charge >= 0.3 is 12.1 Å². The van der Waals surface area contributed by atoms with E-state index in [0.29, 0.717) is 17.5 Å². The van der Waals surface area contributed by atoms with Crippen molar-refractivity contribution in [1.29, 1.82) is 0 Å². The highest BCUT2D eigenvalue weighted by molar-refractivity contribution is 5.99. The van der Waals surface area contributed by atoms with E-state index < -0.39 is 42.4 Å². The lowest BCUT2D eigenvalue weighted by molar-refractivity contribution is -0.139. The molecule has 46 heavy (non-hydrogen) atoms. The molecule has 2 atom stereocenters. The summed E-state index contributed by atoms with van der Waals surface area (Å²) in [7, 11) is 0. The standard InChI is InChI=1S/C31H40N6O9/c1-4-5-14-45-31(44)36-12-10-35(11-13-36)30(43)22(8-9-28(40)41)33-29(42)24-17-25(21-7-6-19(2)15-23(21)32-24)46-18-27(39)37-20(3)16-26(38)34-37/h6-7,15,17,20,22H,4-5,8-14,16,18H2,1-3H3,(H,33,42)(H,34,38)(H,40,41)/t20-,22?/m0/s1. The summed E-state index contributed by atoms with van der Waals surface area (Å²) in [5, 5.41) is 13.7. The number of rotatable bonds is 12. The van der Waals surface area contributed by atoms with Crippen LogP contribution in [0, 0.1) is 6.92 Å². The summed E-state index contributed by atoms with van der Waals surface area (Å²) in [4.78, 5) is 82.6. The Kier molecular flexibility index (Phi) is 11.3. The van der Waals surface area contributed by atoms with E-state index in [0.717, 1.165) is 18.4 Å². The maximum Gasteiger partial charge on any atom is 0.409 e. The minimum atomic E-state index is -1.17. The summed E-state index contributed by atoms with van der Waals surface area (Å²) >= 11 is 0. The molecule has 15 nitrogen and oxygen atoms in total. The zero-order valence-electron chi connectivity index (χ0n) is 26.2. The quantitative estimate of drug-likeness (QED) is 0.288. The molecule has 5 amide bonds. The molecule has 3 heterocycles. The van der Waals surface area contributed by atoms with Crippen molar-refractivity contribution < 1.29 is 43.3 Å².